The molecule has 0 fully saturated rings. The van der Waals surface area contributed by atoms with E-state index >= 15 is 0 Å². The van der Waals surface area contributed by atoms with Gasteiger partial charge < -0.3 is 15.0 Å². The highest BCUT2D eigenvalue weighted by Gasteiger charge is 2.23. The van der Waals surface area contributed by atoms with Crippen LogP contribution in [0.3, 0.4) is 0 Å². The van der Waals surface area contributed by atoms with Gasteiger partial charge in [0.2, 0.25) is 0 Å². The monoisotopic (exact) mass is 414 g/mol. The molecule has 0 saturated carbocycles. The minimum Gasteiger partial charge on any atom is -0.449 e. The molecule has 4 aromatic rings. The number of hydrogen-bond acceptors (Lipinski definition) is 5. The molecule has 2 aromatic carbocycles. The smallest absolute Gasteiger partial charge is 0.338 e. The van der Waals surface area contributed by atoms with Gasteiger partial charge in [-0.1, -0.05) is 37.3 Å². The number of anilines is 1. The highest BCUT2D eigenvalue weighted by molar-refractivity contribution is 5.98. The molecule has 1 amide bonds. The van der Waals surface area contributed by atoms with Crippen LogP contribution in [0.5, 0.6) is 0 Å². The van der Waals surface area contributed by atoms with Crippen LogP contribution in [0.1, 0.15) is 29.3 Å². The zero-order valence-electron chi connectivity index (χ0n) is 17.3. The first kappa shape index (κ1) is 20.3. The maximum absolute atomic E-state index is 12.7. The standard InChI is InChI=1S/C24H22N4O3/c1-3-20(23(29)28-21-13-15(2)11-12-25-21)31-24(30)17-9-10-18-19(14-17)27-22(26-18)16-7-5-4-6-8-16/h4-14,20H,3H2,1-2H3,(H,26,27)(H,25,28,29). The van der Waals surface area contributed by atoms with Crippen LogP contribution in [0.4, 0.5) is 5.82 Å². The molecule has 4 rings (SSSR count). The van der Waals surface area contributed by atoms with E-state index in [-0.39, 0.29) is 0 Å². The molecule has 31 heavy (non-hydrogen) atoms. The molecule has 2 aromatic heterocycles. The Morgan fingerprint density at radius 2 is 1.90 bits per heavy atom. The molecule has 156 valence electrons. The van der Waals surface area contributed by atoms with Gasteiger partial charge in [-0.25, -0.2) is 14.8 Å². The third-order valence-corrected chi connectivity index (χ3v) is 4.84. The predicted molar refractivity (Wildman–Crippen MR) is 119 cm³/mol. The van der Waals surface area contributed by atoms with Crippen LogP contribution in [0, 0.1) is 6.92 Å². The number of aryl methyl sites for hydroxylation is 1. The fourth-order valence-corrected chi connectivity index (χ4v) is 3.20. The van der Waals surface area contributed by atoms with Crippen molar-refractivity contribution in [3.8, 4) is 11.4 Å². The molecule has 0 spiro atoms. The zero-order valence-corrected chi connectivity index (χ0v) is 17.3. The molecule has 7 heteroatoms. The first-order valence-corrected chi connectivity index (χ1v) is 10.0. The van der Waals surface area contributed by atoms with Crippen molar-refractivity contribution >= 4 is 28.7 Å². The molecule has 0 aliphatic rings. The largest absolute Gasteiger partial charge is 0.449 e. The lowest BCUT2D eigenvalue weighted by Crippen LogP contribution is -2.32. The minimum absolute atomic E-state index is 0.341. The highest BCUT2D eigenvalue weighted by atomic mass is 16.5. The van der Waals surface area contributed by atoms with Gasteiger partial charge in [0.15, 0.2) is 6.10 Å². The van der Waals surface area contributed by atoms with E-state index in [0.29, 0.717) is 17.8 Å². The number of esters is 1. The van der Waals surface area contributed by atoms with Crippen molar-refractivity contribution < 1.29 is 14.3 Å². The Hall–Kier alpha value is -4.00. The highest BCUT2D eigenvalue weighted by Crippen LogP contribution is 2.22. The number of carbonyl (C=O) groups excluding carboxylic acids is 2. The Balaban J connectivity index is 1.49. The van der Waals surface area contributed by atoms with E-state index in [1.54, 1.807) is 37.4 Å². The fourth-order valence-electron chi connectivity index (χ4n) is 3.20. The molecular formula is C24H22N4O3. The Morgan fingerprint density at radius 3 is 2.65 bits per heavy atom. The Kier molecular flexibility index (Phi) is 5.75. The van der Waals surface area contributed by atoms with Crippen LogP contribution < -0.4 is 5.32 Å². The molecule has 7 nitrogen and oxygen atoms in total. The third kappa shape index (κ3) is 4.61. The number of carbonyl (C=O) groups is 2. The number of pyridine rings is 1. The van der Waals surface area contributed by atoms with Gasteiger partial charge in [0, 0.05) is 11.8 Å². The summed E-state index contributed by atoms with van der Waals surface area (Å²) in [6.45, 7) is 3.69. The number of aromatic nitrogens is 3. The molecule has 2 N–H and O–H groups in total. The van der Waals surface area contributed by atoms with Crippen molar-refractivity contribution in [1.82, 2.24) is 15.0 Å². The molecule has 0 aliphatic heterocycles. The average Bonchev–Trinajstić information content (AvgIpc) is 3.21. The average molecular weight is 414 g/mol. The van der Waals surface area contributed by atoms with Crippen LogP contribution in [0.15, 0.2) is 66.9 Å². The molecule has 0 saturated heterocycles. The number of imidazole rings is 1. The number of H-pyrrole nitrogens is 1. The van der Waals surface area contributed by atoms with Gasteiger partial charge >= 0.3 is 5.97 Å². The van der Waals surface area contributed by atoms with E-state index in [4.69, 9.17) is 4.74 Å². The van der Waals surface area contributed by atoms with Crippen molar-refractivity contribution in [3.63, 3.8) is 0 Å². The lowest BCUT2D eigenvalue weighted by Gasteiger charge is -2.16. The molecule has 0 bridgehead atoms. The van der Waals surface area contributed by atoms with Gasteiger partial charge in [-0.05, 0) is 49.2 Å². The summed E-state index contributed by atoms with van der Waals surface area (Å²) in [4.78, 5) is 37.1. The SMILES string of the molecule is CCC(OC(=O)c1ccc2nc(-c3ccccc3)[nH]c2c1)C(=O)Nc1cc(C)ccn1. The minimum atomic E-state index is -0.924. The van der Waals surface area contributed by atoms with Crippen LogP contribution >= 0.6 is 0 Å². The maximum atomic E-state index is 12.7. The number of benzene rings is 2. The molecule has 2 heterocycles. The molecule has 1 unspecified atom stereocenters. The number of fused-ring (bicyclic) bond motifs is 1. The van der Waals surface area contributed by atoms with Gasteiger partial charge in [-0.15, -0.1) is 0 Å². The number of nitrogens with one attached hydrogen (secondary N) is 2. The summed E-state index contributed by atoms with van der Waals surface area (Å²) < 4.78 is 5.48. The third-order valence-electron chi connectivity index (χ3n) is 4.84. The normalized spacial score (nSPS) is 11.8. The number of amides is 1. The van der Waals surface area contributed by atoms with Crippen LogP contribution in [0.25, 0.3) is 22.4 Å². The maximum Gasteiger partial charge on any atom is 0.338 e. The van der Waals surface area contributed by atoms with Crippen molar-refractivity contribution in [3.05, 3.63) is 78.0 Å². The van der Waals surface area contributed by atoms with Gasteiger partial charge in [0.25, 0.3) is 5.91 Å². The first-order chi connectivity index (χ1) is 15.0. The van der Waals surface area contributed by atoms with Gasteiger partial charge in [-0.3, -0.25) is 4.79 Å². The first-order valence-electron chi connectivity index (χ1n) is 10.0. The number of rotatable bonds is 6. The van der Waals surface area contributed by atoms with Crippen molar-refractivity contribution in [2.75, 3.05) is 5.32 Å². The Labute approximate surface area is 179 Å². The van der Waals surface area contributed by atoms with E-state index in [1.807, 2.05) is 43.3 Å². The quantitative estimate of drug-likeness (QED) is 0.453. The van der Waals surface area contributed by atoms with E-state index in [0.717, 1.165) is 28.0 Å². The van der Waals surface area contributed by atoms with E-state index < -0.39 is 18.0 Å². The topological polar surface area (TPSA) is 97.0 Å². The summed E-state index contributed by atoms with van der Waals surface area (Å²) in [5.41, 5.74) is 3.73. The van der Waals surface area contributed by atoms with Gasteiger partial charge in [-0.2, -0.15) is 0 Å². The summed E-state index contributed by atoms with van der Waals surface area (Å²) >= 11 is 0. The van der Waals surface area contributed by atoms with Crippen molar-refractivity contribution in [2.24, 2.45) is 0 Å². The lowest BCUT2D eigenvalue weighted by atomic mass is 10.2. The van der Waals surface area contributed by atoms with Crippen LogP contribution in [-0.2, 0) is 9.53 Å². The van der Waals surface area contributed by atoms with Gasteiger partial charge in [0.05, 0.1) is 16.6 Å². The van der Waals surface area contributed by atoms with E-state index in [1.165, 1.54) is 0 Å². The number of aromatic amines is 1. The number of ether oxygens (including phenoxy) is 1. The lowest BCUT2D eigenvalue weighted by molar-refractivity contribution is -0.124. The molecule has 0 aliphatic carbocycles. The molecule has 1 atom stereocenters. The summed E-state index contributed by atoms with van der Waals surface area (Å²) in [5, 5.41) is 2.70. The summed E-state index contributed by atoms with van der Waals surface area (Å²) in [6.07, 6.45) is 1.03. The number of nitrogens with zero attached hydrogens (tertiary/aromatic N) is 2. The van der Waals surface area contributed by atoms with E-state index in [2.05, 4.69) is 20.3 Å². The molecular weight excluding hydrogens is 392 g/mol. The van der Waals surface area contributed by atoms with Gasteiger partial charge in [0.1, 0.15) is 11.6 Å². The number of hydrogen-bond donors (Lipinski definition) is 2. The Bertz CT molecular complexity index is 1230. The summed E-state index contributed by atoms with van der Waals surface area (Å²) in [5.74, 6) is 0.157. The van der Waals surface area contributed by atoms with Crippen LogP contribution in [0.2, 0.25) is 0 Å². The predicted octanol–water partition coefficient (Wildman–Crippen LogP) is 4.51. The molecule has 0 radical (unpaired) electrons. The second-order valence-corrected chi connectivity index (χ2v) is 7.19. The Morgan fingerprint density at radius 1 is 1.10 bits per heavy atom. The summed E-state index contributed by atoms with van der Waals surface area (Å²) in [7, 11) is 0. The van der Waals surface area contributed by atoms with Crippen molar-refractivity contribution in [2.45, 2.75) is 26.4 Å². The van der Waals surface area contributed by atoms with Crippen molar-refractivity contribution in [1.29, 1.82) is 0 Å². The van der Waals surface area contributed by atoms with E-state index in [9.17, 15) is 9.59 Å². The summed E-state index contributed by atoms with van der Waals surface area (Å²) in [6, 6.07) is 18.4. The zero-order chi connectivity index (χ0) is 21.8. The second kappa shape index (κ2) is 8.79. The van der Waals surface area contributed by atoms with Crippen LogP contribution in [-0.4, -0.2) is 32.9 Å². The second-order valence-electron chi connectivity index (χ2n) is 7.19. The fraction of sp³-hybridized carbons (Fsp3) is 0.167.